The van der Waals surface area contributed by atoms with Crippen LogP contribution < -0.4 is 10.6 Å². The molecule has 2 N–H and O–H groups in total. The standard InChI is InChI=1S/C28H33N9O2/c1-17(33-22-5-7-36(8-6-22)23-15-38-16-23)27(35-30)20-9-26(28-21(10-29)11-32-37(28)14-20)39-18(2)24-12-31-13-25(34-24)19-3-4-19/h9,11-14,18-19,22-23H,3-8,15-16,30H2,1-2H3. The molecule has 3 aromatic heterocycles. The summed E-state index contributed by atoms with van der Waals surface area (Å²) in [6.07, 6.45) is 10.8. The largest absolute Gasteiger partial charge is 0.482 e. The third kappa shape index (κ3) is 5.22. The van der Waals surface area contributed by atoms with Crippen LogP contribution in [0.4, 0.5) is 0 Å². The maximum absolute atomic E-state index is 9.72. The lowest BCUT2D eigenvalue weighted by Crippen LogP contribution is -2.52. The normalized spacial score (nSPS) is 20.5. The van der Waals surface area contributed by atoms with Gasteiger partial charge in [0.05, 0.1) is 54.8 Å². The van der Waals surface area contributed by atoms with E-state index in [0.717, 1.165) is 69.1 Å². The van der Waals surface area contributed by atoms with Crippen molar-refractivity contribution >= 4 is 16.9 Å². The molecule has 0 radical (unpaired) electrons. The van der Waals surface area contributed by atoms with Gasteiger partial charge >= 0.3 is 0 Å². The number of likely N-dealkylation sites (tertiary alicyclic amines) is 1. The van der Waals surface area contributed by atoms with E-state index in [9.17, 15) is 5.26 Å². The van der Waals surface area contributed by atoms with Crippen LogP contribution in [0.3, 0.4) is 0 Å². The molecular formula is C28H33N9O2. The summed E-state index contributed by atoms with van der Waals surface area (Å²) in [6, 6.07) is 4.84. The Balaban J connectivity index is 1.26. The molecule has 3 fully saturated rings. The van der Waals surface area contributed by atoms with Gasteiger partial charge in [0.25, 0.3) is 0 Å². The van der Waals surface area contributed by atoms with Crippen LogP contribution in [0.5, 0.6) is 5.75 Å². The third-order valence-corrected chi connectivity index (χ3v) is 7.84. The highest BCUT2D eigenvalue weighted by atomic mass is 16.5. The van der Waals surface area contributed by atoms with E-state index in [1.165, 1.54) is 6.20 Å². The number of ether oxygens (including phenoxy) is 2. The van der Waals surface area contributed by atoms with Crippen molar-refractivity contribution in [3.05, 3.63) is 53.4 Å². The highest BCUT2D eigenvalue weighted by Crippen LogP contribution is 2.39. The number of hydrogen-bond donors (Lipinski definition) is 1. The molecule has 0 amide bonds. The number of pyridine rings is 1. The summed E-state index contributed by atoms with van der Waals surface area (Å²) in [5, 5.41) is 18.2. The first-order valence-corrected chi connectivity index (χ1v) is 13.6. The molecule has 1 saturated carbocycles. The average Bonchev–Trinajstić information content (AvgIpc) is 3.69. The topological polar surface area (TPSA) is 139 Å². The van der Waals surface area contributed by atoms with E-state index in [2.05, 4.69) is 26.2 Å². The summed E-state index contributed by atoms with van der Waals surface area (Å²) in [5.74, 6) is 6.90. The van der Waals surface area contributed by atoms with Gasteiger partial charge in [0, 0.05) is 37.0 Å². The lowest BCUT2D eigenvalue weighted by Gasteiger charge is -2.40. The maximum atomic E-state index is 9.72. The lowest BCUT2D eigenvalue weighted by molar-refractivity contribution is -0.0709. The number of nitrogens with zero attached hydrogens (tertiary/aromatic N) is 8. The number of hydrazone groups is 1. The van der Waals surface area contributed by atoms with E-state index >= 15 is 0 Å². The number of nitriles is 1. The quantitative estimate of drug-likeness (QED) is 0.268. The van der Waals surface area contributed by atoms with Crippen molar-refractivity contribution in [1.29, 1.82) is 5.26 Å². The Morgan fingerprint density at radius 2 is 2.00 bits per heavy atom. The summed E-state index contributed by atoms with van der Waals surface area (Å²) >= 11 is 0. The Morgan fingerprint density at radius 1 is 1.21 bits per heavy atom. The van der Waals surface area contributed by atoms with Crippen molar-refractivity contribution in [2.75, 3.05) is 26.3 Å². The molecule has 3 aromatic rings. The Bertz CT molecular complexity index is 1460. The summed E-state index contributed by atoms with van der Waals surface area (Å²) in [6.45, 7) is 7.57. The van der Waals surface area contributed by atoms with Gasteiger partial charge in [-0.15, -0.1) is 0 Å². The van der Waals surface area contributed by atoms with Crippen LogP contribution in [0, 0.1) is 11.3 Å². The fraction of sp³-hybridized carbons (Fsp3) is 0.500. The second kappa shape index (κ2) is 10.7. The number of hydrogen-bond acceptors (Lipinski definition) is 10. The van der Waals surface area contributed by atoms with Crippen molar-refractivity contribution in [3.63, 3.8) is 0 Å². The van der Waals surface area contributed by atoms with E-state index in [-0.39, 0.29) is 6.04 Å². The zero-order chi connectivity index (χ0) is 26.9. The molecule has 0 aromatic carbocycles. The summed E-state index contributed by atoms with van der Waals surface area (Å²) in [7, 11) is 0. The Morgan fingerprint density at radius 3 is 2.67 bits per heavy atom. The first-order valence-electron chi connectivity index (χ1n) is 13.6. The molecule has 1 aliphatic carbocycles. The predicted molar refractivity (Wildman–Crippen MR) is 146 cm³/mol. The monoisotopic (exact) mass is 527 g/mol. The number of fused-ring (bicyclic) bond motifs is 1. The van der Waals surface area contributed by atoms with Crippen LogP contribution in [0.25, 0.3) is 5.52 Å². The molecule has 39 heavy (non-hydrogen) atoms. The van der Waals surface area contributed by atoms with Crippen molar-refractivity contribution in [2.24, 2.45) is 15.9 Å². The first kappa shape index (κ1) is 25.4. The van der Waals surface area contributed by atoms with Crippen LogP contribution in [0.2, 0.25) is 0 Å². The maximum Gasteiger partial charge on any atom is 0.148 e. The van der Waals surface area contributed by atoms with E-state index in [0.29, 0.717) is 40.1 Å². The van der Waals surface area contributed by atoms with E-state index in [1.54, 1.807) is 10.7 Å². The van der Waals surface area contributed by atoms with Crippen molar-refractivity contribution in [2.45, 2.75) is 63.6 Å². The van der Waals surface area contributed by atoms with Crippen LogP contribution in [0.15, 0.2) is 40.9 Å². The summed E-state index contributed by atoms with van der Waals surface area (Å²) in [4.78, 5) is 16.7. The van der Waals surface area contributed by atoms with E-state index in [1.807, 2.05) is 32.3 Å². The lowest BCUT2D eigenvalue weighted by atomic mass is 10.0. The second-order valence-electron chi connectivity index (χ2n) is 10.6. The van der Waals surface area contributed by atoms with Gasteiger partial charge in [-0.2, -0.15) is 15.5 Å². The zero-order valence-electron chi connectivity index (χ0n) is 22.3. The van der Waals surface area contributed by atoms with Crippen LogP contribution in [-0.4, -0.2) is 74.3 Å². The van der Waals surface area contributed by atoms with E-state index in [4.69, 9.17) is 25.3 Å². The molecule has 0 spiro atoms. The Labute approximate surface area is 227 Å². The first-order chi connectivity index (χ1) is 19.0. The number of piperidine rings is 1. The van der Waals surface area contributed by atoms with Gasteiger partial charge in [-0.05, 0) is 45.6 Å². The molecule has 6 rings (SSSR count). The van der Waals surface area contributed by atoms with Gasteiger partial charge in [-0.25, -0.2) is 4.52 Å². The Kier molecular flexibility index (Phi) is 6.97. The molecule has 2 aliphatic heterocycles. The van der Waals surface area contributed by atoms with Crippen molar-refractivity contribution in [3.8, 4) is 11.8 Å². The molecule has 3 aliphatic rings. The molecule has 11 nitrogen and oxygen atoms in total. The van der Waals surface area contributed by atoms with Crippen LogP contribution in [-0.2, 0) is 4.74 Å². The highest BCUT2D eigenvalue weighted by Gasteiger charge is 2.30. The van der Waals surface area contributed by atoms with Gasteiger partial charge in [0.15, 0.2) is 0 Å². The number of nitrogens with two attached hydrogens (primary N) is 1. The molecular weight excluding hydrogens is 494 g/mol. The number of rotatable bonds is 8. The van der Waals surface area contributed by atoms with Crippen LogP contribution >= 0.6 is 0 Å². The second-order valence-corrected chi connectivity index (χ2v) is 10.6. The minimum absolute atomic E-state index is 0.214. The minimum atomic E-state index is -0.393. The molecule has 1 unspecified atom stereocenters. The fourth-order valence-electron chi connectivity index (χ4n) is 5.33. The summed E-state index contributed by atoms with van der Waals surface area (Å²) in [5.41, 5.74) is 4.78. The SMILES string of the molecule is CC(=NC1CCN(C2COC2)CC1)C(=NN)c1cc(OC(C)c2cncc(C3CC3)n2)c2c(C#N)cnn2c1. The molecule has 0 bridgehead atoms. The van der Waals surface area contributed by atoms with Gasteiger partial charge in [0.2, 0.25) is 0 Å². The molecule has 202 valence electrons. The highest BCUT2D eigenvalue weighted by molar-refractivity contribution is 6.47. The smallest absolute Gasteiger partial charge is 0.148 e. The summed E-state index contributed by atoms with van der Waals surface area (Å²) < 4.78 is 13.4. The average molecular weight is 528 g/mol. The molecule has 11 heteroatoms. The van der Waals surface area contributed by atoms with Gasteiger partial charge in [-0.1, -0.05) is 0 Å². The predicted octanol–water partition coefficient (Wildman–Crippen LogP) is 3.00. The van der Waals surface area contributed by atoms with E-state index < -0.39 is 6.10 Å². The molecule has 1 atom stereocenters. The fourth-order valence-corrected chi connectivity index (χ4v) is 5.33. The van der Waals surface area contributed by atoms with Crippen LogP contribution in [0.1, 0.15) is 74.1 Å². The number of aromatic nitrogens is 4. The third-order valence-electron chi connectivity index (χ3n) is 7.84. The van der Waals surface area contributed by atoms with Crippen molar-refractivity contribution < 1.29 is 9.47 Å². The van der Waals surface area contributed by atoms with Crippen molar-refractivity contribution in [1.82, 2.24) is 24.5 Å². The zero-order valence-corrected chi connectivity index (χ0v) is 22.3. The minimum Gasteiger partial charge on any atom is -0.482 e. The van der Waals surface area contributed by atoms with Gasteiger partial charge < -0.3 is 15.3 Å². The molecule has 2 saturated heterocycles. The van der Waals surface area contributed by atoms with Gasteiger partial charge in [-0.3, -0.25) is 19.9 Å². The molecule has 5 heterocycles. The van der Waals surface area contributed by atoms with Gasteiger partial charge in [0.1, 0.15) is 34.7 Å². The number of aliphatic imine (C=N–C) groups is 1. The Hall–Kier alpha value is -3.88.